The van der Waals surface area contributed by atoms with E-state index in [1.165, 1.54) is 12.8 Å². The van der Waals surface area contributed by atoms with Gasteiger partial charge in [0.1, 0.15) is 11.5 Å². The minimum atomic E-state index is 0.768. The van der Waals surface area contributed by atoms with Crippen molar-refractivity contribution in [3.63, 3.8) is 0 Å². The van der Waals surface area contributed by atoms with Crippen molar-refractivity contribution in [1.29, 1.82) is 0 Å². The van der Waals surface area contributed by atoms with E-state index in [1.807, 2.05) is 30.3 Å². The molecule has 0 spiro atoms. The van der Waals surface area contributed by atoms with Crippen LogP contribution in [-0.2, 0) is 0 Å². The highest BCUT2D eigenvalue weighted by Gasteiger charge is 2.02. The number of hydrogen-bond acceptors (Lipinski definition) is 2. The fourth-order valence-electron chi connectivity index (χ4n) is 2.31. The minimum absolute atomic E-state index is 0.768. The van der Waals surface area contributed by atoms with Gasteiger partial charge in [-0.25, -0.2) is 0 Å². The molecule has 1 radical (unpaired) electrons. The van der Waals surface area contributed by atoms with E-state index in [0.29, 0.717) is 0 Å². The molecule has 0 unspecified atom stereocenters. The first-order valence-electron chi connectivity index (χ1n) is 8.71. The second kappa shape index (κ2) is 9.94. The van der Waals surface area contributed by atoms with Crippen molar-refractivity contribution in [3.05, 3.63) is 48.5 Å². The summed E-state index contributed by atoms with van der Waals surface area (Å²) in [7, 11) is 0. The Labute approximate surface area is 140 Å². The molecule has 0 aliphatic heterocycles. The van der Waals surface area contributed by atoms with Gasteiger partial charge in [0.15, 0.2) is 0 Å². The maximum absolute atomic E-state index is 5.76. The summed E-state index contributed by atoms with van der Waals surface area (Å²) in [6.07, 6.45) is 5.78. The zero-order chi connectivity index (χ0) is 16.3. The van der Waals surface area contributed by atoms with E-state index >= 15 is 0 Å². The Hall–Kier alpha value is -1.96. The molecule has 0 aliphatic rings. The third-order valence-corrected chi connectivity index (χ3v) is 3.72. The fraction of sp³-hybridized carbons (Fsp3) is 0.429. The quantitative estimate of drug-likeness (QED) is 0.508. The molecule has 2 heteroatoms. The van der Waals surface area contributed by atoms with Gasteiger partial charge in [-0.05, 0) is 54.3 Å². The summed E-state index contributed by atoms with van der Waals surface area (Å²) >= 11 is 0. The highest BCUT2D eigenvalue weighted by Crippen LogP contribution is 2.25. The summed E-state index contributed by atoms with van der Waals surface area (Å²) in [5.74, 6) is 1.84. The van der Waals surface area contributed by atoms with E-state index < -0.39 is 0 Å². The van der Waals surface area contributed by atoms with E-state index in [4.69, 9.17) is 9.47 Å². The van der Waals surface area contributed by atoms with Crippen molar-refractivity contribution in [2.24, 2.45) is 0 Å². The lowest BCUT2D eigenvalue weighted by molar-refractivity contribution is 0.306. The van der Waals surface area contributed by atoms with Crippen LogP contribution in [0.5, 0.6) is 11.5 Å². The number of rotatable bonds is 10. The first-order valence-corrected chi connectivity index (χ1v) is 8.71. The molecule has 0 aliphatic carbocycles. The predicted molar refractivity (Wildman–Crippen MR) is 96.1 cm³/mol. The Morgan fingerprint density at radius 3 is 2.22 bits per heavy atom. The molecular weight excluding hydrogens is 284 g/mol. The third kappa shape index (κ3) is 5.97. The Morgan fingerprint density at radius 1 is 0.783 bits per heavy atom. The lowest BCUT2D eigenvalue weighted by Gasteiger charge is -2.09. The molecule has 2 nitrogen and oxygen atoms in total. The summed E-state index contributed by atoms with van der Waals surface area (Å²) in [4.78, 5) is 0. The molecule has 0 fully saturated rings. The van der Waals surface area contributed by atoms with Gasteiger partial charge in [0.25, 0.3) is 0 Å². The van der Waals surface area contributed by atoms with Crippen molar-refractivity contribution < 1.29 is 9.47 Å². The summed E-state index contributed by atoms with van der Waals surface area (Å²) in [5.41, 5.74) is 2.18. The second-order valence-electron chi connectivity index (χ2n) is 5.72. The summed E-state index contributed by atoms with van der Waals surface area (Å²) in [5, 5.41) is 0. The fourth-order valence-corrected chi connectivity index (χ4v) is 2.31. The molecule has 0 saturated carbocycles. The van der Waals surface area contributed by atoms with E-state index in [0.717, 1.165) is 55.1 Å². The number of ether oxygens (including phenoxy) is 2. The molecular formula is C21H27O2. The molecule has 2 aromatic carbocycles. The van der Waals surface area contributed by atoms with E-state index in [2.05, 4.69) is 32.0 Å². The number of benzene rings is 2. The predicted octanol–water partition coefficient (Wildman–Crippen LogP) is 5.90. The number of hydrogen-bond donors (Lipinski definition) is 0. The van der Waals surface area contributed by atoms with E-state index in [1.54, 1.807) is 0 Å². The zero-order valence-corrected chi connectivity index (χ0v) is 14.3. The van der Waals surface area contributed by atoms with Crippen molar-refractivity contribution in [1.82, 2.24) is 0 Å². The van der Waals surface area contributed by atoms with Gasteiger partial charge >= 0.3 is 0 Å². The average molecular weight is 311 g/mol. The Kier molecular flexibility index (Phi) is 7.51. The standard InChI is InChI=1S/C21H27O2/c1-3-5-7-16-22-20-13-11-18(12-14-20)19-9-8-10-21(17-19)23-15-6-4-2/h8,10-14,17H,3-7,15-16H2,1-2H3. The van der Waals surface area contributed by atoms with Gasteiger partial charge in [0.05, 0.1) is 13.2 Å². The lowest BCUT2D eigenvalue weighted by atomic mass is 10.1. The molecule has 0 N–H and O–H groups in total. The molecule has 0 aromatic heterocycles. The Balaban J connectivity index is 1.94. The van der Waals surface area contributed by atoms with Crippen molar-refractivity contribution in [2.45, 2.75) is 46.0 Å². The molecule has 2 rings (SSSR count). The highest BCUT2D eigenvalue weighted by atomic mass is 16.5. The summed E-state index contributed by atoms with van der Waals surface area (Å²) in [6.45, 7) is 5.93. The van der Waals surface area contributed by atoms with Crippen LogP contribution in [0.1, 0.15) is 46.0 Å². The lowest BCUT2D eigenvalue weighted by Crippen LogP contribution is -1.97. The van der Waals surface area contributed by atoms with Crippen LogP contribution in [0.4, 0.5) is 0 Å². The van der Waals surface area contributed by atoms with Crippen LogP contribution in [0.3, 0.4) is 0 Å². The van der Waals surface area contributed by atoms with Crippen LogP contribution in [-0.4, -0.2) is 13.2 Å². The van der Waals surface area contributed by atoms with Gasteiger partial charge in [-0.3, -0.25) is 0 Å². The highest BCUT2D eigenvalue weighted by molar-refractivity contribution is 5.65. The smallest absolute Gasteiger partial charge is 0.119 e. The Bertz CT molecular complexity index is 560. The van der Waals surface area contributed by atoms with Gasteiger partial charge in [0, 0.05) is 0 Å². The molecule has 0 heterocycles. The molecule has 0 atom stereocenters. The average Bonchev–Trinajstić information content (AvgIpc) is 2.60. The summed E-state index contributed by atoms with van der Waals surface area (Å²) < 4.78 is 11.5. The first kappa shape index (κ1) is 17.4. The maximum Gasteiger partial charge on any atom is 0.119 e. The Morgan fingerprint density at radius 2 is 1.48 bits per heavy atom. The van der Waals surface area contributed by atoms with Crippen molar-refractivity contribution in [2.75, 3.05) is 13.2 Å². The topological polar surface area (TPSA) is 18.5 Å². The van der Waals surface area contributed by atoms with E-state index in [9.17, 15) is 0 Å². The molecule has 23 heavy (non-hydrogen) atoms. The van der Waals surface area contributed by atoms with Crippen molar-refractivity contribution in [3.8, 4) is 22.6 Å². The SMILES string of the molecule is CCCCCOc1ccc(-c2[c]ccc(OCCCC)c2)cc1. The van der Waals surface area contributed by atoms with Crippen LogP contribution in [0.25, 0.3) is 11.1 Å². The van der Waals surface area contributed by atoms with Crippen LogP contribution in [0.15, 0.2) is 42.5 Å². The third-order valence-electron chi connectivity index (χ3n) is 3.72. The van der Waals surface area contributed by atoms with Gasteiger partial charge in [-0.1, -0.05) is 51.3 Å². The minimum Gasteiger partial charge on any atom is -0.494 e. The largest absolute Gasteiger partial charge is 0.494 e. The van der Waals surface area contributed by atoms with E-state index in [-0.39, 0.29) is 0 Å². The van der Waals surface area contributed by atoms with Crippen LogP contribution in [0, 0.1) is 6.07 Å². The van der Waals surface area contributed by atoms with Crippen LogP contribution >= 0.6 is 0 Å². The van der Waals surface area contributed by atoms with Gasteiger partial charge < -0.3 is 9.47 Å². The van der Waals surface area contributed by atoms with Crippen LogP contribution < -0.4 is 9.47 Å². The first-order chi connectivity index (χ1) is 11.3. The van der Waals surface area contributed by atoms with Crippen LogP contribution in [0.2, 0.25) is 0 Å². The van der Waals surface area contributed by atoms with Gasteiger partial charge in [0.2, 0.25) is 0 Å². The maximum atomic E-state index is 5.76. The second-order valence-corrected chi connectivity index (χ2v) is 5.72. The monoisotopic (exact) mass is 311 g/mol. The zero-order valence-electron chi connectivity index (χ0n) is 14.3. The molecule has 0 bridgehead atoms. The van der Waals surface area contributed by atoms with Gasteiger partial charge in [-0.15, -0.1) is 0 Å². The molecule has 0 amide bonds. The normalized spacial score (nSPS) is 10.5. The van der Waals surface area contributed by atoms with Crippen molar-refractivity contribution >= 4 is 0 Å². The molecule has 2 aromatic rings. The molecule has 123 valence electrons. The van der Waals surface area contributed by atoms with Gasteiger partial charge in [-0.2, -0.15) is 0 Å². The number of unbranched alkanes of at least 4 members (excludes halogenated alkanes) is 3. The summed E-state index contributed by atoms with van der Waals surface area (Å²) in [6, 6.07) is 17.4. The molecule has 0 saturated heterocycles.